The fourth-order valence-electron chi connectivity index (χ4n) is 1.37. The highest BCUT2D eigenvalue weighted by atomic mass is 16.5. The van der Waals surface area contributed by atoms with Gasteiger partial charge in [-0.15, -0.1) is 0 Å². The van der Waals surface area contributed by atoms with Gasteiger partial charge in [-0.05, 0) is 19.8 Å². The minimum atomic E-state index is -0.185. The summed E-state index contributed by atoms with van der Waals surface area (Å²) in [4.78, 5) is 21.6. The Morgan fingerprint density at radius 3 is 2.12 bits per heavy atom. The lowest BCUT2D eigenvalue weighted by atomic mass is 10.1. The molecule has 0 aromatic heterocycles. The Hall–Kier alpha value is -0.900. The highest BCUT2D eigenvalue weighted by Gasteiger charge is 2.10. The number of carbonyl (C=O) groups excluding carboxylic acids is 2. The van der Waals surface area contributed by atoms with Crippen molar-refractivity contribution in [2.75, 3.05) is 14.2 Å². The number of unbranched alkanes of at least 4 members (excludes halogenated alkanes) is 1. The molecule has 0 fully saturated rings. The van der Waals surface area contributed by atoms with Crippen molar-refractivity contribution >= 4 is 11.8 Å². The Balaban J connectivity index is -0.000000980. The number of hydrogen-bond acceptors (Lipinski definition) is 4. The van der Waals surface area contributed by atoms with Gasteiger partial charge in [-0.2, -0.15) is 0 Å². The molecule has 1 atom stereocenters. The van der Waals surface area contributed by atoms with Crippen molar-refractivity contribution in [2.45, 2.75) is 60.0 Å². The first kappa shape index (κ1) is 21.4. The predicted molar refractivity (Wildman–Crippen MR) is 70.0 cm³/mol. The molecule has 0 heterocycles. The molecule has 0 aliphatic carbocycles. The minimum Gasteiger partial charge on any atom is -0.469 e. The normalized spacial score (nSPS) is 10.8. The van der Waals surface area contributed by atoms with Gasteiger partial charge in [-0.25, -0.2) is 0 Å². The van der Waals surface area contributed by atoms with Crippen LogP contribution in [0.1, 0.15) is 53.9 Å². The predicted octanol–water partition coefficient (Wildman–Crippen LogP) is 2.99. The zero-order valence-electron chi connectivity index (χ0n) is 9.75. The molecule has 0 aromatic rings. The van der Waals surface area contributed by atoms with Gasteiger partial charge in [0.2, 0.25) is 0 Å². The number of Topliss-reactive ketones (excluding diaryl/α,β-unsaturated/α-hetero) is 1. The van der Waals surface area contributed by atoms with Crippen LogP contribution in [0.4, 0.5) is 0 Å². The molecule has 1 unspecified atom stereocenters. The number of carbonyl (C=O) groups is 2. The Bertz CT molecular complexity index is 202. The highest BCUT2D eigenvalue weighted by Crippen LogP contribution is 2.10. The molecule has 0 aliphatic rings. The average molecular weight is 248 g/mol. The van der Waals surface area contributed by atoms with Gasteiger partial charge >= 0.3 is 5.97 Å². The molecule has 4 heteroatoms. The lowest BCUT2D eigenvalue weighted by molar-refractivity contribution is -0.140. The molecular formula is C13H28O4. The van der Waals surface area contributed by atoms with Gasteiger partial charge < -0.3 is 9.47 Å². The van der Waals surface area contributed by atoms with Crippen LogP contribution in [-0.2, 0) is 19.1 Å². The number of hydrogen-bond donors (Lipinski definition) is 0. The summed E-state index contributed by atoms with van der Waals surface area (Å²) in [5, 5.41) is 0. The Morgan fingerprint density at radius 1 is 1.12 bits per heavy atom. The maximum Gasteiger partial charge on any atom is 0.305 e. The molecule has 0 rings (SSSR count). The third-order valence-corrected chi connectivity index (χ3v) is 2.23. The topological polar surface area (TPSA) is 52.6 Å². The summed E-state index contributed by atoms with van der Waals surface area (Å²) in [7, 11) is 2.99. The SMILES string of the molecule is C.C.COC(=O)CCCCC(CC(C)=O)OC. The maximum absolute atomic E-state index is 10.8. The molecule has 0 amide bonds. The number of ether oxygens (including phenoxy) is 2. The quantitative estimate of drug-likeness (QED) is 0.489. The molecule has 0 N–H and O–H groups in total. The second-order valence-corrected chi connectivity index (χ2v) is 3.59. The minimum absolute atomic E-state index is 0. The van der Waals surface area contributed by atoms with E-state index in [1.54, 1.807) is 14.0 Å². The van der Waals surface area contributed by atoms with Crippen molar-refractivity contribution < 1.29 is 19.1 Å². The summed E-state index contributed by atoms with van der Waals surface area (Å²) in [5.74, 6) is -0.0506. The average Bonchev–Trinajstić information content (AvgIpc) is 2.21. The van der Waals surface area contributed by atoms with Gasteiger partial charge in [0.1, 0.15) is 5.78 Å². The fourth-order valence-corrected chi connectivity index (χ4v) is 1.37. The number of methoxy groups -OCH3 is 2. The molecule has 0 aromatic carbocycles. The van der Waals surface area contributed by atoms with Crippen LogP contribution in [0.2, 0.25) is 0 Å². The Labute approximate surface area is 106 Å². The van der Waals surface area contributed by atoms with Crippen LogP contribution in [0.5, 0.6) is 0 Å². The second-order valence-electron chi connectivity index (χ2n) is 3.59. The lowest BCUT2D eigenvalue weighted by Crippen LogP contribution is -2.14. The highest BCUT2D eigenvalue weighted by molar-refractivity contribution is 5.75. The van der Waals surface area contributed by atoms with Crippen molar-refractivity contribution in [1.29, 1.82) is 0 Å². The van der Waals surface area contributed by atoms with E-state index in [9.17, 15) is 9.59 Å². The molecule has 0 aliphatic heterocycles. The maximum atomic E-state index is 10.8. The Kier molecular flexibility index (Phi) is 16.6. The molecule has 104 valence electrons. The summed E-state index contributed by atoms with van der Waals surface area (Å²) < 4.78 is 9.68. The van der Waals surface area contributed by atoms with E-state index in [0.717, 1.165) is 19.3 Å². The molecular weight excluding hydrogens is 220 g/mol. The van der Waals surface area contributed by atoms with Gasteiger partial charge in [0.25, 0.3) is 0 Å². The summed E-state index contributed by atoms with van der Waals surface area (Å²) in [6.07, 6.45) is 3.35. The molecule has 17 heavy (non-hydrogen) atoms. The van der Waals surface area contributed by atoms with Crippen molar-refractivity contribution in [1.82, 2.24) is 0 Å². The van der Waals surface area contributed by atoms with Crippen molar-refractivity contribution in [2.24, 2.45) is 0 Å². The molecule has 0 spiro atoms. The van der Waals surface area contributed by atoms with E-state index in [2.05, 4.69) is 4.74 Å². The molecule has 0 saturated carbocycles. The van der Waals surface area contributed by atoms with Gasteiger partial charge in [0.05, 0.1) is 13.2 Å². The summed E-state index contributed by atoms with van der Waals surface area (Å²) in [5.41, 5.74) is 0. The zero-order valence-corrected chi connectivity index (χ0v) is 9.75. The van der Waals surface area contributed by atoms with E-state index in [4.69, 9.17) is 4.74 Å². The van der Waals surface area contributed by atoms with Crippen LogP contribution in [0.25, 0.3) is 0 Å². The largest absolute Gasteiger partial charge is 0.469 e. The van der Waals surface area contributed by atoms with Crippen LogP contribution < -0.4 is 0 Å². The summed E-state index contributed by atoms with van der Waals surface area (Å²) in [6.45, 7) is 1.56. The zero-order chi connectivity index (χ0) is 11.7. The van der Waals surface area contributed by atoms with E-state index in [1.165, 1.54) is 7.11 Å². The van der Waals surface area contributed by atoms with E-state index in [0.29, 0.717) is 12.8 Å². The second kappa shape index (κ2) is 13.2. The monoisotopic (exact) mass is 248 g/mol. The fraction of sp³-hybridized carbons (Fsp3) is 0.846. The van der Waals surface area contributed by atoms with E-state index in [-0.39, 0.29) is 32.7 Å². The van der Waals surface area contributed by atoms with Gasteiger partial charge in [-0.3, -0.25) is 9.59 Å². The van der Waals surface area contributed by atoms with Crippen LogP contribution in [0, 0.1) is 0 Å². The standard InChI is InChI=1S/C11H20O4.2CH4/c1-9(12)8-10(14-2)6-4-5-7-11(13)15-3;;/h10H,4-8H2,1-3H3;2*1H4. The van der Waals surface area contributed by atoms with Crippen molar-refractivity contribution in [3.63, 3.8) is 0 Å². The smallest absolute Gasteiger partial charge is 0.305 e. The molecule has 0 radical (unpaired) electrons. The molecule has 0 saturated heterocycles. The first-order chi connectivity index (χ1) is 7.10. The summed E-state index contributed by atoms with van der Waals surface area (Å²) in [6, 6.07) is 0. The number of esters is 1. The van der Waals surface area contributed by atoms with Crippen molar-refractivity contribution in [3.05, 3.63) is 0 Å². The summed E-state index contributed by atoms with van der Waals surface area (Å²) >= 11 is 0. The van der Waals surface area contributed by atoms with E-state index in [1.807, 2.05) is 0 Å². The third kappa shape index (κ3) is 13.0. The first-order valence-electron chi connectivity index (χ1n) is 5.19. The molecule has 0 bridgehead atoms. The molecule has 4 nitrogen and oxygen atoms in total. The number of rotatable bonds is 8. The van der Waals surface area contributed by atoms with E-state index < -0.39 is 0 Å². The van der Waals surface area contributed by atoms with Crippen LogP contribution >= 0.6 is 0 Å². The van der Waals surface area contributed by atoms with Gasteiger partial charge in [0.15, 0.2) is 0 Å². The van der Waals surface area contributed by atoms with Gasteiger partial charge in [-0.1, -0.05) is 21.3 Å². The lowest BCUT2D eigenvalue weighted by Gasteiger charge is -2.12. The first-order valence-corrected chi connectivity index (χ1v) is 5.19. The van der Waals surface area contributed by atoms with Crippen LogP contribution in [0.15, 0.2) is 0 Å². The Morgan fingerprint density at radius 2 is 1.71 bits per heavy atom. The van der Waals surface area contributed by atoms with Gasteiger partial charge in [0, 0.05) is 20.0 Å². The van der Waals surface area contributed by atoms with Crippen LogP contribution in [-0.4, -0.2) is 32.1 Å². The van der Waals surface area contributed by atoms with Crippen molar-refractivity contribution in [3.8, 4) is 0 Å². The third-order valence-electron chi connectivity index (χ3n) is 2.23. The van der Waals surface area contributed by atoms with E-state index >= 15 is 0 Å². The number of ketones is 1. The van der Waals surface area contributed by atoms with Crippen LogP contribution in [0.3, 0.4) is 0 Å².